The first-order valence-electron chi connectivity index (χ1n) is 18.3. The van der Waals surface area contributed by atoms with Crippen molar-refractivity contribution in [2.45, 2.75) is 157 Å². The number of hydrogen-bond acceptors (Lipinski definition) is 9. The number of aliphatic hydroxyl groups is 1. The van der Waals surface area contributed by atoms with E-state index >= 15 is 0 Å². The van der Waals surface area contributed by atoms with Crippen LogP contribution in [0.4, 0.5) is 0 Å². The zero-order valence-corrected chi connectivity index (χ0v) is 31.7. The average molecular weight is 692 g/mol. The van der Waals surface area contributed by atoms with Crippen molar-refractivity contribution in [1.82, 2.24) is 26.2 Å². The number of nitrogens with one attached hydrogen (secondary N) is 4. The molecule has 6 atom stereocenters. The number of likely N-dealkylation sites (N-methyl/N-ethyl adjacent to an activating group) is 1. The van der Waals surface area contributed by atoms with Gasteiger partial charge in [0.05, 0.1) is 12.1 Å². The quantitative estimate of drug-likeness (QED) is 0.0704. The number of Topliss-reactive ketones (excluding diaryl/α,β-unsaturated/α-hetero) is 1. The van der Waals surface area contributed by atoms with E-state index < -0.39 is 65.1 Å². The van der Waals surface area contributed by atoms with Gasteiger partial charge in [0.25, 0.3) is 5.91 Å². The van der Waals surface area contributed by atoms with Crippen LogP contribution in [0.5, 0.6) is 0 Å². The normalized spacial score (nSPS) is 21.6. The second kappa shape index (κ2) is 18.4. The van der Waals surface area contributed by atoms with Crippen molar-refractivity contribution in [3.05, 3.63) is 12.2 Å². The summed E-state index contributed by atoms with van der Waals surface area (Å²) < 4.78 is 5.65. The zero-order chi connectivity index (χ0) is 37.3. The van der Waals surface area contributed by atoms with E-state index in [9.17, 15) is 29.1 Å². The van der Waals surface area contributed by atoms with E-state index in [0.29, 0.717) is 12.8 Å². The van der Waals surface area contributed by atoms with Crippen LogP contribution < -0.4 is 21.3 Å². The van der Waals surface area contributed by atoms with Crippen LogP contribution in [0.3, 0.4) is 0 Å². The van der Waals surface area contributed by atoms with Gasteiger partial charge in [-0.25, -0.2) is 0 Å². The van der Waals surface area contributed by atoms with E-state index in [1.165, 1.54) is 4.90 Å². The molecule has 280 valence electrons. The number of ether oxygens (including phenoxy) is 1. The van der Waals surface area contributed by atoms with Crippen molar-refractivity contribution >= 4 is 29.5 Å². The van der Waals surface area contributed by atoms with Gasteiger partial charge in [0, 0.05) is 19.0 Å². The lowest BCUT2D eigenvalue weighted by atomic mass is 9.82. The molecule has 49 heavy (non-hydrogen) atoms. The van der Waals surface area contributed by atoms with Crippen LogP contribution in [-0.4, -0.2) is 88.7 Å². The molecule has 1 saturated carbocycles. The minimum absolute atomic E-state index is 0.0519. The number of ketones is 1. The summed E-state index contributed by atoms with van der Waals surface area (Å²) in [6, 6.07) is -3.76. The predicted octanol–water partition coefficient (Wildman–Crippen LogP) is 3.57. The van der Waals surface area contributed by atoms with Crippen LogP contribution >= 0.6 is 0 Å². The smallest absolute Gasteiger partial charge is 0.324 e. The Balaban J connectivity index is 2.45. The summed E-state index contributed by atoms with van der Waals surface area (Å²) >= 11 is 0. The van der Waals surface area contributed by atoms with Gasteiger partial charge in [-0.3, -0.25) is 34.6 Å². The van der Waals surface area contributed by atoms with E-state index in [0.717, 1.165) is 44.1 Å². The topological polar surface area (TPSA) is 166 Å². The fourth-order valence-electron chi connectivity index (χ4n) is 7.00. The maximum Gasteiger partial charge on any atom is 0.324 e. The first-order chi connectivity index (χ1) is 22.7. The largest absolute Gasteiger partial charge is 0.459 e. The lowest BCUT2D eigenvalue weighted by molar-refractivity contribution is -0.162. The van der Waals surface area contributed by atoms with Gasteiger partial charge in [-0.2, -0.15) is 0 Å². The Morgan fingerprint density at radius 3 is 2.10 bits per heavy atom. The van der Waals surface area contributed by atoms with Gasteiger partial charge < -0.3 is 25.4 Å². The monoisotopic (exact) mass is 691 g/mol. The van der Waals surface area contributed by atoms with Crippen LogP contribution in [0, 0.1) is 23.2 Å². The molecule has 12 nitrogen and oxygen atoms in total. The number of esters is 1. The van der Waals surface area contributed by atoms with Gasteiger partial charge in [0.15, 0.2) is 6.35 Å². The lowest BCUT2D eigenvalue weighted by Crippen LogP contribution is -2.63. The molecule has 2 unspecified atom stereocenters. The Kier molecular flexibility index (Phi) is 15.9. The summed E-state index contributed by atoms with van der Waals surface area (Å²) in [5.74, 6) is -3.42. The summed E-state index contributed by atoms with van der Waals surface area (Å²) in [4.78, 5) is 69.2. The van der Waals surface area contributed by atoms with Crippen molar-refractivity contribution in [2.24, 2.45) is 23.2 Å². The van der Waals surface area contributed by atoms with Crippen molar-refractivity contribution in [1.29, 1.82) is 0 Å². The molecule has 0 spiro atoms. The number of amides is 3. The number of aliphatic hydroxyl groups excluding tert-OH is 1. The zero-order valence-electron chi connectivity index (χ0n) is 31.7. The minimum atomic E-state index is -1.44. The summed E-state index contributed by atoms with van der Waals surface area (Å²) in [6.45, 7) is 23.2. The van der Waals surface area contributed by atoms with Crippen molar-refractivity contribution in [3.63, 3.8) is 0 Å². The number of unbranched alkanes of at least 4 members (excludes halogenated alkanes) is 1. The third kappa shape index (κ3) is 12.2. The fraction of sp³-hybridized carbons (Fsp3) is 0.811. The maximum absolute atomic E-state index is 14.7. The summed E-state index contributed by atoms with van der Waals surface area (Å²) in [6.07, 6.45) is 4.65. The number of carbonyl (C=O) groups excluding carboxylic acids is 5. The van der Waals surface area contributed by atoms with Crippen LogP contribution in [-0.2, 0) is 28.7 Å². The van der Waals surface area contributed by atoms with Crippen LogP contribution in [0.2, 0.25) is 0 Å². The molecule has 1 heterocycles. The van der Waals surface area contributed by atoms with Gasteiger partial charge >= 0.3 is 5.97 Å². The van der Waals surface area contributed by atoms with Gasteiger partial charge in [0.2, 0.25) is 17.6 Å². The Morgan fingerprint density at radius 2 is 1.59 bits per heavy atom. The average Bonchev–Trinajstić information content (AvgIpc) is 3.36. The first-order valence-corrected chi connectivity index (χ1v) is 18.3. The highest BCUT2D eigenvalue weighted by molar-refractivity contribution is 6.38. The molecule has 1 saturated heterocycles. The number of likely N-dealkylation sites (tertiary alicyclic amines) is 1. The second-order valence-electron chi connectivity index (χ2n) is 16.2. The van der Waals surface area contributed by atoms with E-state index in [4.69, 9.17) is 4.74 Å². The van der Waals surface area contributed by atoms with Crippen LogP contribution in [0.15, 0.2) is 12.2 Å². The fourth-order valence-corrected chi connectivity index (χ4v) is 7.00. The Labute approximate surface area is 294 Å². The molecular weight excluding hydrogens is 626 g/mol. The molecule has 0 aromatic rings. The molecule has 1 aliphatic heterocycles. The molecule has 0 aromatic carbocycles. The maximum atomic E-state index is 14.7. The molecule has 3 amide bonds. The Bertz CT molecular complexity index is 1170. The molecule has 2 aliphatic rings. The van der Waals surface area contributed by atoms with E-state index in [1.807, 2.05) is 41.5 Å². The number of nitrogens with zero attached hydrogens (tertiary/aromatic N) is 1. The molecule has 0 bridgehead atoms. The predicted molar refractivity (Wildman–Crippen MR) is 190 cm³/mol. The van der Waals surface area contributed by atoms with Gasteiger partial charge in [-0.15, -0.1) is 0 Å². The molecule has 5 N–H and O–H groups in total. The SMILES string of the molecule is C=C1CN(C(=O)[C@@H](NC(O)N[C@H](C(=O)OC(C)(C)C)C(C)(C)C)C2CCCCC2)[C@H](C(=O)NC(CCCC)C(=O)C(=O)NCC)[C@H]1C(C)C. The van der Waals surface area contributed by atoms with Crippen LogP contribution in [0.1, 0.15) is 121 Å². The minimum Gasteiger partial charge on any atom is -0.459 e. The molecular formula is C37H65N5O7. The third-order valence-electron chi connectivity index (χ3n) is 9.39. The van der Waals surface area contributed by atoms with Gasteiger partial charge in [0.1, 0.15) is 17.7 Å². The standard InChI is InChI=1S/C37H65N5O7/c1-12-14-20-25(29(43)32(45)38-13-2)39-31(44)28-26(22(3)4)23(5)21-42(28)33(46)27(24-18-16-15-17-19-24)40-35(48)41-30(36(6,7)8)34(47)49-37(9,10)11/h22,24-28,30,35,40-41,48H,5,12-21H2,1-4,6-11H3,(H,38,45)(H,39,44)/t25?,26-,27-,28-,30+,35?/m0/s1. The summed E-state index contributed by atoms with van der Waals surface area (Å²) in [5.41, 5.74) is -0.639. The van der Waals surface area contributed by atoms with E-state index in [2.05, 4.69) is 27.8 Å². The number of hydrogen-bond donors (Lipinski definition) is 5. The number of rotatable bonds is 16. The van der Waals surface area contributed by atoms with Gasteiger partial charge in [-0.05, 0) is 64.2 Å². The lowest BCUT2D eigenvalue weighted by Gasteiger charge is -2.38. The number of carbonyl (C=O) groups is 5. The highest BCUT2D eigenvalue weighted by Gasteiger charge is 2.49. The van der Waals surface area contributed by atoms with Crippen molar-refractivity contribution in [2.75, 3.05) is 13.1 Å². The molecule has 0 radical (unpaired) electrons. The first kappa shape index (κ1) is 42.3. The molecule has 2 fully saturated rings. The van der Waals surface area contributed by atoms with Crippen molar-refractivity contribution in [3.8, 4) is 0 Å². The molecule has 1 aliphatic carbocycles. The molecule has 0 aromatic heterocycles. The van der Waals surface area contributed by atoms with E-state index in [1.54, 1.807) is 27.7 Å². The van der Waals surface area contributed by atoms with E-state index in [-0.39, 0.29) is 36.8 Å². The van der Waals surface area contributed by atoms with Crippen LogP contribution in [0.25, 0.3) is 0 Å². The van der Waals surface area contributed by atoms with Gasteiger partial charge in [-0.1, -0.05) is 85.8 Å². The molecule has 2 rings (SSSR count). The third-order valence-corrected chi connectivity index (χ3v) is 9.39. The Morgan fingerprint density at radius 1 is 0.980 bits per heavy atom. The van der Waals surface area contributed by atoms with Crippen molar-refractivity contribution < 1.29 is 33.8 Å². The second-order valence-corrected chi connectivity index (χ2v) is 16.2. The summed E-state index contributed by atoms with van der Waals surface area (Å²) in [7, 11) is 0. The highest BCUT2D eigenvalue weighted by Crippen LogP contribution is 2.37. The Hall–Kier alpha value is -2.83. The summed E-state index contributed by atoms with van der Waals surface area (Å²) in [5, 5.41) is 22.8. The molecule has 12 heteroatoms. The highest BCUT2D eigenvalue weighted by atomic mass is 16.6.